The minimum absolute atomic E-state index is 0.138. The number of nitrogens with one attached hydrogen (secondary N) is 1. The van der Waals surface area contributed by atoms with Gasteiger partial charge in [-0.1, -0.05) is 61.0 Å². The normalized spacial score (nSPS) is 11.7. The van der Waals surface area contributed by atoms with E-state index in [1.54, 1.807) is 12.1 Å². The van der Waals surface area contributed by atoms with Gasteiger partial charge in [-0.25, -0.2) is 0 Å². The molecule has 0 aliphatic carbocycles. The Morgan fingerprint density at radius 1 is 1.14 bits per heavy atom. The lowest BCUT2D eigenvalue weighted by Gasteiger charge is -2.18. The number of amides is 1. The van der Waals surface area contributed by atoms with Gasteiger partial charge in [0.15, 0.2) is 6.10 Å². The van der Waals surface area contributed by atoms with E-state index >= 15 is 0 Å². The highest BCUT2D eigenvalue weighted by Gasteiger charge is 2.18. The number of para-hydroxylation sites is 1. The Hall–Kier alpha value is -2.00. The Kier molecular flexibility index (Phi) is 5.64. The van der Waals surface area contributed by atoms with Gasteiger partial charge in [-0.2, -0.15) is 0 Å². The number of benzene rings is 2. The molecule has 4 heteroatoms. The topological polar surface area (TPSA) is 38.3 Å². The van der Waals surface area contributed by atoms with Crippen LogP contribution in [0.1, 0.15) is 18.9 Å². The van der Waals surface area contributed by atoms with Crippen molar-refractivity contribution in [3.05, 3.63) is 65.2 Å². The summed E-state index contributed by atoms with van der Waals surface area (Å²) < 4.78 is 5.70. The summed E-state index contributed by atoms with van der Waals surface area (Å²) in [5, 5.41) is 3.39. The third-order valence-corrected chi connectivity index (χ3v) is 3.39. The zero-order valence-electron chi connectivity index (χ0n) is 11.9. The number of ether oxygens (including phenoxy) is 1. The van der Waals surface area contributed by atoms with Gasteiger partial charge in [-0.05, 0) is 24.1 Å². The van der Waals surface area contributed by atoms with Crippen molar-refractivity contribution >= 4 is 17.5 Å². The zero-order chi connectivity index (χ0) is 15.1. The quantitative estimate of drug-likeness (QED) is 0.881. The van der Waals surface area contributed by atoms with Crippen molar-refractivity contribution in [2.45, 2.75) is 26.0 Å². The maximum absolute atomic E-state index is 12.2. The number of hydrogen-bond acceptors (Lipinski definition) is 2. The first kappa shape index (κ1) is 15.4. The average Bonchev–Trinajstić information content (AvgIpc) is 2.53. The van der Waals surface area contributed by atoms with Gasteiger partial charge >= 0.3 is 0 Å². The molecule has 110 valence electrons. The Morgan fingerprint density at radius 2 is 1.81 bits per heavy atom. The Balaban J connectivity index is 1.94. The van der Waals surface area contributed by atoms with Gasteiger partial charge in [0.25, 0.3) is 5.91 Å². The van der Waals surface area contributed by atoms with E-state index < -0.39 is 6.10 Å². The van der Waals surface area contributed by atoms with Crippen molar-refractivity contribution in [2.24, 2.45) is 0 Å². The average molecular weight is 304 g/mol. The monoisotopic (exact) mass is 303 g/mol. The molecule has 0 spiro atoms. The van der Waals surface area contributed by atoms with Crippen molar-refractivity contribution in [3.63, 3.8) is 0 Å². The first-order chi connectivity index (χ1) is 10.2. The van der Waals surface area contributed by atoms with Crippen molar-refractivity contribution in [3.8, 4) is 5.75 Å². The van der Waals surface area contributed by atoms with Gasteiger partial charge in [-0.15, -0.1) is 0 Å². The van der Waals surface area contributed by atoms with Crippen LogP contribution in [-0.2, 0) is 11.3 Å². The fourth-order valence-corrected chi connectivity index (χ4v) is 2.09. The molecule has 2 aromatic carbocycles. The molecule has 1 unspecified atom stereocenters. The van der Waals surface area contributed by atoms with Crippen molar-refractivity contribution in [2.75, 3.05) is 0 Å². The lowest BCUT2D eigenvalue weighted by molar-refractivity contribution is -0.128. The van der Waals surface area contributed by atoms with Crippen LogP contribution in [0.25, 0.3) is 0 Å². The van der Waals surface area contributed by atoms with Crippen molar-refractivity contribution in [1.29, 1.82) is 0 Å². The first-order valence-electron chi connectivity index (χ1n) is 6.93. The van der Waals surface area contributed by atoms with E-state index in [4.69, 9.17) is 16.3 Å². The van der Waals surface area contributed by atoms with Crippen LogP contribution < -0.4 is 10.1 Å². The van der Waals surface area contributed by atoms with Gasteiger partial charge in [0.1, 0.15) is 5.75 Å². The molecule has 2 rings (SSSR count). The summed E-state index contributed by atoms with van der Waals surface area (Å²) >= 11 is 6.05. The van der Waals surface area contributed by atoms with Crippen LogP contribution in [0.15, 0.2) is 54.6 Å². The molecule has 0 bridgehead atoms. The zero-order valence-corrected chi connectivity index (χ0v) is 12.6. The summed E-state index contributed by atoms with van der Waals surface area (Å²) in [7, 11) is 0. The van der Waals surface area contributed by atoms with E-state index in [2.05, 4.69) is 5.32 Å². The molecule has 0 aromatic heterocycles. The second-order valence-electron chi connectivity index (χ2n) is 4.65. The number of hydrogen-bond donors (Lipinski definition) is 1. The van der Waals surface area contributed by atoms with E-state index in [9.17, 15) is 4.79 Å². The molecule has 1 atom stereocenters. The summed E-state index contributed by atoms with van der Waals surface area (Å²) in [6, 6.07) is 16.9. The SMILES string of the molecule is CCC(Oc1ccccc1Cl)C(=O)NCc1ccccc1. The van der Waals surface area contributed by atoms with Crippen LogP contribution in [0.3, 0.4) is 0 Å². The smallest absolute Gasteiger partial charge is 0.261 e. The largest absolute Gasteiger partial charge is 0.479 e. The minimum Gasteiger partial charge on any atom is -0.479 e. The standard InChI is InChI=1S/C17H18ClNO2/c1-2-15(21-16-11-7-6-10-14(16)18)17(20)19-12-13-8-4-3-5-9-13/h3-11,15H,2,12H2,1H3,(H,19,20). The maximum atomic E-state index is 12.2. The molecule has 3 nitrogen and oxygen atoms in total. The van der Waals surface area contributed by atoms with Crippen molar-refractivity contribution in [1.82, 2.24) is 5.32 Å². The van der Waals surface area contributed by atoms with Crippen LogP contribution >= 0.6 is 11.6 Å². The van der Waals surface area contributed by atoms with Gasteiger partial charge in [0, 0.05) is 6.54 Å². The fraction of sp³-hybridized carbons (Fsp3) is 0.235. The van der Waals surface area contributed by atoms with Gasteiger partial charge in [0.2, 0.25) is 0 Å². The number of rotatable bonds is 6. The highest BCUT2D eigenvalue weighted by atomic mass is 35.5. The van der Waals surface area contributed by atoms with Crippen LogP contribution in [-0.4, -0.2) is 12.0 Å². The summed E-state index contributed by atoms with van der Waals surface area (Å²) in [6.07, 6.45) is 0.0277. The summed E-state index contributed by atoms with van der Waals surface area (Å²) in [6.45, 7) is 2.39. The van der Waals surface area contributed by atoms with Crippen LogP contribution in [0.5, 0.6) is 5.75 Å². The lowest BCUT2D eigenvalue weighted by atomic mass is 10.2. The number of halogens is 1. The lowest BCUT2D eigenvalue weighted by Crippen LogP contribution is -2.37. The second kappa shape index (κ2) is 7.70. The van der Waals surface area contributed by atoms with Crippen LogP contribution in [0, 0.1) is 0 Å². The summed E-state index contributed by atoms with van der Waals surface area (Å²) in [4.78, 5) is 12.2. The molecule has 0 aliphatic rings. The molecule has 2 aromatic rings. The van der Waals surface area contributed by atoms with Gasteiger partial charge in [0.05, 0.1) is 5.02 Å². The van der Waals surface area contributed by atoms with E-state index in [-0.39, 0.29) is 5.91 Å². The first-order valence-corrected chi connectivity index (χ1v) is 7.31. The summed E-state index contributed by atoms with van der Waals surface area (Å²) in [5.41, 5.74) is 1.05. The van der Waals surface area contributed by atoms with Gasteiger partial charge < -0.3 is 10.1 Å². The minimum atomic E-state index is -0.548. The number of carbonyl (C=O) groups is 1. The Bertz CT molecular complexity index is 586. The molecule has 0 heterocycles. The molecule has 0 radical (unpaired) electrons. The van der Waals surface area contributed by atoms with Gasteiger partial charge in [-0.3, -0.25) is 4.79 Å². The van der Waals surface area contributed by atoms with E-state index in [1.807, 2.05) is 49.4 Å². The molecule has 0 saturated heterocycles. The molecular weight excluding hydrogens is 286 g/mol. The van der Waals surface area contributed by atoms with E-state index in [1.165, 1.54) is 0 Å². The highest BCUT2D eigenvalue weighted by molar-refractivity contribution is 6.32. The molecule has 0 saturated carbocycles. The van der Waals surface area contributed by atoms with E-state index in [0.29, 0.717) is 23.7 Å². The number of carbonyl (C=O) groups excluding carboxylic acids is 1. The third kappa shape index (κ3) is 4.50. The molecule has 0 fully saturated rings. The Morgan fingerprint density at radius 3 is 2.48 bits per heavy atom. The van der Waals surface area contributed by atoms with Crippen LogP contribution in [0.2, 0.25) is 5.02 Å². The third-order valence-electron chi connectivity index (χ3n) is 3.08. The summed E-state index contributed by atoms with van der Waals surface area (Å²) in [5.74, 6) is 0.391. The molecule has 1 amide bonds. The molecular formula is C17H18ClNO2. The molecule has 1 N–H and O–H groups in total. The Labute approximate surface area is 129 Å². The predicted octanol–water partition coefficient (Wildman–Crippen LogP) is 3.81. The fourth-order valence-electron chi connectivity index (χ4n) is 1.91. The van der Waals surface area contributed by atoms with Crippen molar-refractivity contribution < 1.29 is 9.53 Å². The maximum Gasteiger partial charge on any atom is 0.261 e. The predicted molar refractivity (Wildman–Crippen MR) is 84.4 cm³/mol. The van der Waals surface area contributed by atoms with E-state index in [0.717, 1.165) is 5.56 Å². The van der Waals surface area contributed by atoms with Crippen LogP contribution in [0.4, 0.5) is 0 Å². The highest BCUT2D eigenvalue weighted by Crippen LogP contribution is 2.24. The molecule has 21 heavy (non-hydrogen) atoms. The molecule has 0 aliphatic heterocycles. The second-order valence-corrected chi connectivity index (χ2v) is 5.06.